The molecule has 2 aromatic carbocycles. The van der Waals surface area contributed by atoms with Crippen molar-refractivity contribution in [3.63, 3.8) is 0 Å². The Morgan fingerprint density at radius 1 is 1.03 bits per heavy atom. The van der Waals surface area contributed by atoms with E-state index in [2.05, 4.69) is 0 Å². The smallest absolute Gasteiger partial charge is 0.293 e. The van der Waals surface area contributed by atoms with Gasteiger partial charge in [-0.3, -0.25) is 14.5 Å². The van der Waals surface area contributed by atoms with Crippen molar-refractivity contribution in [1.29, 1.82) is 0 Å². The second-order valence-electron chi connectivity index (χ2n) is 6.80. The van der Waals surface area contributed by atoms with E-state index in [0.717, 1.165) is 17.3 Å². The predicted molar refractivity (Wildman–Crippen MR) is 118 cm³/mol. The molecule has 2 amide bonds. The highest BCUT2D eigenvalue weighted by Gasteiger charge is 2.34. The van der Waals surface area contributed by atoms with Crippen LogP contribution in [0.25, 0.3) is 6.08 Å². The third-order valence-electron chi connectivity index (χ3n) is 4.13. The lowest BCUT2D eigenvalue weighted by atomic mass is 10.2. The molecule has 7 heteroatoms. The molecule has 3 rings (SSSR count). The summed E-state index contributed by atoms with van der Waals surface area (Å²) < 4.78 is 17.0. The second-order valence-corrected chi connectivity index (χ2v) is 7.79. The van der Waals surface area contributed by atoms with Gasteiger partial charge < -0.3 is 14.2 Å². The quantitative estimate of drug-likeness (QED) is 0.526. The number of rotatable bonds is 9. The minimum Gasteiger partial charge on any atom is -0.492 e. The number of benzene rings is 2. The maximum atomic E-state index is 12.7. The van der Waals surface area contributed by atoms with Crippen LogP contribution < -0.4 is 14.2 Å². The lowest BCUT2D eigenvalue weighted by molar-refractivity contribution is -0.123. The van der Waals surface area contributed by atoms with E-state index in [1.165, 1.54) is 4.90 Å². The molecule has 0 spiro atoms. The number of hydrogen-bond donors (Lipinski definition) is 0. The molecule has 1 fully saturated rings. The van der Waals surface area contributed by atoms with Crippen LogP contribution in [-0.2, 0) is 4.79 Å². The molecular weight excluding hydrogens is 402 g/mol. The molecule has 1 heterocycles. The summed E-state index contributed by atoms with van der Waals surface area (Å²) in [6, 6.07) is 14.8. The summed E-state index contributed by atoms with van der Waals surface area (Å²) in [5.41, 5.74) is 0.764. The highest BCUT2D eigenvalue weighted by Crippen LogP contribution is 2.35. The van der Waals surface area contributed by atoms with Gasteiger partial charge >= 0.3 is 0 Å². The van der Waals surface area contributed by atoms with E-state index in [4.69, 9.17) is 14.2 Å². The fourth-order valence-corrected chi connectivity index (χ4v) is 3.71. The lowest BCUT2D eigenvalue weighted by Gasteiger charge is -2.15. The fraction of sp³-hybridized carbons (Fsp3) is 0.304. The highest BCUT2D eigenvalue weighted by molar-refractivity contribution is 8.18. The van der Waals surface area contributed by atoms with E-state index in [-0.39, 0.29) is 30.4 Å². The van der Waals surface area contributed by atoms with Gasteiger partial charge in [-0.05, 0) is 68.4 Å². The molecule has 158 valence electrons. The van der Waals surface area contributed by atoms with Gasteiger partial charge in [0.1, 0.15) is 12.4 Å². The van der Waals surface area contributed by atoms with Crippen molar-refractivity contribution < 1.29 is 23.8 Å². The first kappa shape index (κ1) is 21.8. The molecular formula is C23H25NO5S. The van der Waals surface area contributed by atoms with Crippen LogP contribution in [0.5, 0.6) is 17.2 Å². The molecule has 1 aliphatic heterocycles. The number of imide groups is 1. The van der Waals surface area contributed by atoms with Gasteiger partial charge in [-0.1, -0.05) is 24.3 Å². The summed E-state index contributed by atoms with van der Waals surface area (Å²) in [6.07, 6.45) is 1.72. The van der Waals surface area contributed by atoms with Crippen molar-refractivity contribution in [2.75, 3.05) is 19.8 Å². The van der Waals surface area contributed by atoms with E-state index >= 15 is 0 Å². The zero-order valence-electron chi connectivity index (χ0n) is 17.3. The molecule has 0 atom stereocenters. The molecule has 0 saturated carbocycles. The normalized spacial score (nSPS) is 15.2. The number of carbonyl (C=O) groups excluding carboxylic acids is 2. The summed E-state index contributed by atoms with van der Waals surface area (Å²) in [5.74, 6) is 1.64. The van der Waals surface area contributed by atoms with E-state index in [0.29, 0.717) is 28.8 Å². The molecule has 2 aromatic rings. The number of thioether (sulfide) groups is 1. The monoisotopic (exact) mass is 427 g/mol. The Bertz CT molecular complexity index is 926. The maximum Gasteiger partial charge on any atom is 0.293 e. The number of ether oxygens (including phenoxy) is 3. The van der Waals surface area contributed by atoms with Gasteiger partial charge in [0.15, 0.2) is 11.5 Å². The van der Waals surface area contributed by atoms with Gasteiger partial charge in [-0.2, -0.15) is 0 Å². The average Bonchev–Trinajstić information content (AvgIpc) is 2.98. The molecule has 1 aliphatic rings. The Labute approximate surface area is 180 Å². The standard InChI is InChI=1S/C23H25NO5S/c1-4-27-20-14-17(10-11-19(20)29-16(2)3)15-21-22(25)24(23(26)30-21)12-13-28-18-8-6-5-7-9-18/h5-11,14-16H,4,12-13H2,1-3H3/b21-15-. The first-order valence-electron chi connectivity index (χ1n) is 9.84. The van der Waals surface area contributed by atoms with Crippen LogP contribution in [0.1, 0.15) is 26.3 Å². The van der Waals surface area contributed by atoms with Gasteiger partial charge in [0.05, 0.1) is 24.2 Å². The number of hydrogen-bond acceptors (Lipinski definition) is 6. The number of nitrogens with zero attached hydrogens (tertiary/aromatic N) is 1. The van der Waals surface area contributed by atoms with E-state index in [1.54, 1.807) is 6.08 Å². The highest BCUT2D eigenvalue weighted by atomic mass is 32.2. The van der Waals surface area contributed by atoms with Crippen molar-refractivity contribution in [2.24, 2.45) is 0 Å². The van der Waals surface area contributed by atoms with Crippen molar-refractivity contribution in [3.05, 3.63) is 59.0 Å². The third kappa shape index (κ3) is 5.57. The second kappa shape index (κ2) is 10.2. The molecule has 30 heavy (non-hydrogen) atoms. The lowest BCUT2D eigenvalue weighted by Crippen LogP contribution is -2.32. The molecule has 1 saturated heterocycles. The van der Waals surface area contributed by atoms with Crippen molar-refractivity contribution >= 4 is 29.0 Å². The largest absolute Gasteiger partial charge is 0.492 e. The number of carbonyl (C=O) groups is 2. The van der Waals surface area contributed by atoms with E-state index in [9.17, 15) is 9.59 Å². The predicted octanol–water partition coefficient (Wildman–Crippen LogP) is 4.99. The molecule has 0 bridgehead atoms. The first-order chi connectivity index (χ1) is 14.5. The summed E-state index contributed by atoms with van der Waals surface area (Å²) in [5, 5.41) is -0.298. The average molecular weight is 428 g/mol. The molecule has 0 unspecified atom stereocenters. The van der Waals surface area contributed by atoms with Crippen LogP contribution in [-0.4, -0.2) is 41.9 Å². The fourth-order valence-electron chi connectivity index (χ4n) is 2.85. The Morgan fingerprint density at radius 2 is 1.80 bits per heavy atom. The Kier molecular flexibility index (Phi) is 7.41. The van der Waals surface area contributed by atoms with Crippen molar-refractivity contribution in [3.8, 4) is 17.2 Å². The summed E-state index contributed by atoms with van der Waals surface area (Å²) in [6.45, 7) is 6.72. The van der Waals surface area contributed by atoms with Gasteiger partial charge in [0.25, 0.3) is 11.1 Å². The Morgan fingerprint density at radius 3 is 2.50 bits per heavy atom. The van der Waals surface area contributed by atoms with E-state index < -0.39 is 0 Å². The zero-order chi connectivity index (χ0) is 21.5. The summed E-state index contributed by atoms with van der Waals surface area (Å²) in [4.78, 5) is 26.6. The van der Waals surface area contributed by atoms with E-state index in [1.807, 2.05) is 69.3 Å². The van der Waals surface area contributed by atoms with Crippen molar-refractivity contribution in [2.45, 2.75) is 26.9 Å². The van der Waals surface area contributed by atoms with Crippen LogP contribution in [0, 0.1) is 0 Å². The van der Waals surface area contributed by atoms with Crippen LogP contribution >= 0.6 is 11.8 Å². The minimum atomic E-state index is -0.317. The minimum absolute atomic E-state index is 0.0182. The molecule has 0 N–H and O–H groups in total. The van der Waals surface area contributed by atoms with Gasteiger partial charge in [-0.15, -0.1) is 0 Å². The third-order valence-corrected chi connectivity index (χ3v) is 5.04. The summed E-state index contributed by atoms with van der Waals surface area (Å²) in [7, 11) is 0. The maximum absolute atomic E-state index is 12.7. The van der Waals surface area contributed by atoms with Gasteiger partial charge in [0.2, 0.25) is 0 Å². The van der Waals surface area contributed by atoms with Crippen LogP contribution in [0.15, 0.2) is 53.4 Å². The molecule has 0 radical (unpaired) electrons. The molecule has 0 aliphatic carbocycles. The molecule has 0 aromatic heterocycles. The topological polar surface area (TPSA) is 65.1 Å². The van der Waals surface area contributed by atoms with Crippen LogP contribution in [0.4, 0.5) is 4.79 Å². The number of para-hydroxylation sites is 1. The number of amides is 2. The first-order valence-corrected chi connectivity index (χ1v) is 10.7. The van der Waals surface area contributed by atoms with Crippen LogP contribution in [0.2, 0.25) is 0 Å². The zero-order valence-corrected chi connectivity index (χ0v) is 18.1. The SMILES string of the molecule is CCOc1cc(/C=C2\SC(=O)N(CCOc3ccccc3)C2=O)ccc1OC(C)C. The van der Waals surface area contributed by atoms with Gasteiger partial charge in [0, 0.05) is 0 Å². The van der Waals surface area contributed by atoms with Crippen LogP contribution in [0.3, 0.4) is 0 Å². The summed E-state index contributed by atoms with van der Waals surface area (Å²) >= 11 is 0.928. The van der Waals surface area contributed by atoms with Crippen molar-refractivity contribution in [1.82, 2.24) is 4.90 Å². The molecule has 6 nitrogen and oxygen atoms in total. The Balaban J connectivity index is 1.69. The Hall–Kier alpha value is -2.93. The van der Waals surface area contributed by atoms with Gasteiger partial charge in [-0.25, -0.2) is 0 Å².